The van der Waals surface area contributed by atoms with Gasteiger partial charge in [0.15, 0.2) is 11.6 Å². The molecule has 0 saturated carbocycles. The van der Waals surface area contributed by atoms with Crippen molar-refractivity contribution >= 4 is 32.7 Å². The number of rotatable bonds is 4. The summed E-state index contributed by atoms with van der Waals surface area (Å²) in [5.41, 5.74) is 5.94. The van der Waals surface area contributed by atoms with Crippen LogP contribution in [0.2, 0.25) is 0 Å². The zero-order valence-electron chi connectivity index (χ0n) is 24.2. The van der Waals surface area contributed by atoms with Crippen molar-refractivity contribution in [2.75, 3.05) is 0 Å². The number of fused-ring (bicyclic) bond motifs is 4. The Morgan fingerprint density at radius 3 is 2.14 bits per heavy atom. The average Bonchev–Trinajstić information content (AvgIpc) is 3.41. The number of allylic oxidation sites excluding steroid dienone is 2. The lowest BCUT2D eigenvalue weighted by Gasteiger charge is -2.29. The number of furan rings is 1. The second-order valence-corrected chi connectivity index (χ2v) is 11.8. The topological polar surface area (TPSA) is 51.8 Å². The molecule has 1 aliphatic carbocycles. The monoisotopic (exact) mass is 557 g/mol. The van der Waals surface area contributed by atoms with Crippen LogP contribution in [0.25, 0.3) is 66.6 Å². The van der Waals surface area contributed by atoms with Gasteiger partial charge in [-0.1, -0.05) is 105 Å². The number of hydrogen-bond acceptors (Lipinski definition) is 4. The highest BCUT2D eigenvalue weighted by atomic mass is 16.3. The van der Waals surface area contributed by atoms with Gasteiger partial charge in [-0.3, -0.25) is 0 Å². The molecule has 0 spiro atoms. The normalized spacial score (nSPS) is 18.5. The Balaban J connectivity index is 1.34. The summed E-state index contributed by atoms with van der Waals surface area (Å²) in [6, 6.07) is 37.9. The van der Waals surface area contributed by atoms with Crippen molar-refractivity contribution in [1.82, 2.24) is 15.0 Å². The van der Waals surface area contributed by atoms with Gasteiger partial charge < -0.3 is 4.42 Å². The number of nitrogens with zero attached hydrogens (tertiary/aromatic N) is 3. The second kappa shape index (κ2) is 10.3. The fourth-order valence-electron chi connectivity index (χ4n) is 6.44. The van der Waals surface area contributed by atoms with Crippen LogP contribution in [0.1, 0.15) is 32.0 Å². The van der Waals surface area contributed by atoms with Crippen molar-refractivity contribution in [2.24, 2.45) is 11.8 Å². The Morgan fingerprint density at radius 1 is 0.605 bits per heavy atom. The Hall–Kier alpha value is -5.09. The van der Waals surface area contributed by atoms with E-state index in [2.05, 4.69) is 123 Å². The van der Waals surface area contributed by atoms with Crippen LogP contribution in [0.3, 0.4) is 0 Å². The van der Waals surface area contributed by atoms with Gasteiger partial charge >= 0.3 is 0 Å². The molecule has 4 nitrogen and oxygen atoms in total. The molecule has 7 aromatic rings. The van der Waals surface area contributed by atoms with E-state index < -0.39 is 0 Å². The zero-order valence-corrected chi connectivity index (χ0v) is 24.2. The predicted octanol–water partition coefficient (Wildman–Crippen LogP) is 10.2. The predicted molar refractivity (Wildman–Crippen MR) is 176 cm³/mol. The third-order valence-corrected chi connectivity index (χ3v) is 9.11. The molecule has 43 heavy (non-hydrogen) atoms. The highest BCUT2D eigenvalue weighted by molar-refractivity contribution is 6.10. The molecule has 1 aliphatic rings. The number of aromatic nitrogens is 3. The molecule has 2 heterocycles. The summed E-state index contributed by atoms with van der Waals surface area (Å²) in [7, 11) is 0. The molecule has 3 unspecified atom stereocenters. The van der Waals surface area contributed by atoms with Crippen molar-refractivity contribution < 1.29 is 4.42 Å². The first kappa shape index (κ1) is 25.6. The average molecular weight is 558 g/mol. The zero-order chi connectivity index (χ0) is 28.9. The molecule has 0 amide bonds. The lowest BCUT2D eigenvalue weighted by molar-refractivity contribution is 0.335. The third kappa shape index (κ3) is 4.51. The van der Waals surface area contributed by atoms with Crippen molar-refractivity contribution in [3.05, 3.63) is 127 Å². The van der Waals surface area contributed by atoms with Crippen molar-refractivity contribution in [1.29, 1.82) is 0 Å². The summed E-state index contributed by atoms with van der Waals surface area (Å²) in [5, 5.41) is 4.52. The van der Waals surface area contributed by atoms with Crippen LogP contribution in [-0.2, 0) is 0 Å². The Morgan fingerprint density at radius 2 is 1.30 bits per heavy atom. The molecule has 8 rings (SSSR count). The van der Waals surface area contributed by atoms with Crippen molar-refractivity contribution in [3.8, 4) is 33.9 Å². The van der Waals surface area contributed by atoms with Gasteiger partial charge in [-0.25, -0.2) is 15.0 Å². The van der Waals surface area contributed by atoms with Crippen LogP contribution in [-0.4, -0.2) is 15.0 Å². The van der Waals surface area contributed by atoms with Crippen LogP contribution in [0.15, 0.2) is 126 Å². The Labute approximate surface area is 250 Å². The maximum absolute atomic E-state index is 6.29. The van der Waals surface area contributed by atoms with Gasteiger partial charge in [-0.15, -0.1) is 0 Å². The van der Waals surface area contributed by atoms with Crippen LogP contribution in [0, 0.1) is 11.8 Å². The maximum atomic E-state index is 6.29. The number of hydrogen-bond donors (Lipinski definition) is 0. The minimum Gasteiger partial charge on any atom is -0.456 e. The first-order chi connectivity index (χ1) is 21.1. The van der Waals surface area contributed by atoms with E-state index in [1.165, 1.54) is 10.8 Å². The SMILES string of the molecule is CC1CC=CC(c2nc(-c3ccc4oc5cc6ccccc6cc5c4c3)nc(-c3ccccc3-c3ccccc3)n2)C1C. The Bertz CT molecular complexity index is 2160. The molecular formula is C39H31N3O. The van der Waals surface area contributed by atoms with E-state index in [1.54, 1.807) is 0 Å². The van der Waals surface area contributed by atoms with Gasteiger partial charge in [0, 0.05) is 27.8 Å². The van der Waals surface area contributed by atoms with Crippen LogP contribution >= 0.6 is 0 Å². The summed E-state index contributed by atoms with van der Waals surface area (Å²) < 4.78 is 6.29. The smallest absolute Gasteiger partial charge is 0.164 e. The lowest BCUT2D eigenvalue weighted by Crippen LogP contribution is -2.21. The molecule has 0 N–H and O–H groups in total. The van der Waals surface area contributed by atoms with Gasteiger partial charge in [0.2, 0.25) is 0 Å². The maximum Gasteiger partial charge on any atom is 0.164 e. The quantitative estimate of drug-likeness (QED) is 0.202. The summed E-state index contributed by atoms with van der Waals surface area (Å²) in [4.78, 5) is 15.5. The van der Waals surface area contributed by atoms with Crippen molar-refractivity contribution in [3.63, 3.8) is 0 Å². The van der Waals surface area contributed by atoms with E-state index in [0.717, 1.165) is 56.4 Å². The molecular weight excluding hydrogens is 526 g/mol. The molecule has 0 fully saturated rings. The first-order valence-corrected chi connectivity index (χ1v) is 15.1. The largest absolute Gasteiger partial charge is 0.456 e. The minimum atomic E-state index is 0.123. The highest BCUT2D eigenvalue weighted by Crippen LogP contribution is 2.39. The Kier molecular flexibility index (Phi) is 6.15. The third-order valence-electron chi connectivity index (χ3n) is 9.11. The standard InChI is InChI=1S/C39H31N3O/c1-24-11-10-18-30(25(24)2)38-40-37(41-39(42-38)32-17-9-8-16-31(32)26-12-4-3-5-13-26)29-19-20-35-33(22-29)34-21-27-14-6-7-15-28(27)23-36(34)43-35/h3-10,12-25,30H,11H2,1-2H3. The summed E-state index contributed by atoms with van der Waals surface area (Å²) in [5.74, 6) is 3.30. The van der Waals surface area contributed by atoms with Gasteiger partial charge in [0.1, 0.15) is 17.0 Å². The number of benzene rings is 5. The molecule has 3 atom stereocenters. The highest BCUT2D eigenvalue weighted by Gasteiger charge is 2.28. The summed E-state index contributed by atoms with van der Waals surface area (Å²) in [6.07, 6.45) is 5.65. The van der Waals surface area contributed by atoms with Crippen LogP contribution < -0.4 is 0 Å². The first-order valence-electron chi connectivity index (χ1n) is 15.1. The van der Waals surface area contributed by atoms with Gasteiger partial charge in [0.05, 0.1) is 0 Å². The van der Waals surface area contributed by atoms with E-state index in [0.29, 0.717) is 23.5 Å². The van der Waals surface area contributed by atoms with Gasteiger partial charge in [-0.05, 0) is 70.5 Å². The van der Waals surface area contributed by atoms with Crippen LogP contribution in [0.5, 0.6) is 0 Å². The fraction of sp³-hybridized carbons (Fsp3) is 0.154. The molecule has 0 aliphatic heterocycles. The minimum absolute atomic E-state index is 0.123. The van der Waals surface area contributed by atoms with E-state index in [-0.39, 0.29) is 5.92 Å². The molecule has 2 aromatic heterocycles. The van der Waals surface area contributed by atoms with E-state index in [9.17, 15) is 0 Å². The lowest BCUT2D eigenvalue weighted by atomic mass is 9.77. The van der Waals surface area contributed by atoms with E-state index >= 15 is 0 Å². The van der Waals surface area contributed by atoms with E-state index in [1.807, 2.05) is 12.1 Å². The van der Waals surface area contributed by atoms with Gasteiger partial charge in [0.25, 0.3) is 0 Å². The summed E-state index contributed by atoms with van der Waals surface area (Å²) >= 11 is 0. The molecule has 208 valence electrons. The van der Waals surface area contributed by atoms with E-state index in [4.69, 9.17) is 19.4 Å². The van der Waals surface area contributed by atoms with Gasteiger partial charge in [-0.2, -0.15) is 0 Å². The molecule has 4 heteroatoms. The fourth-order valence-corrected chi connectivity index (χ4v) is 6.44. The summed E-state index contributed by atoms with van der Waals surface area (Å²) in [6.45, 7) is 4.63. The molecule has 0 bridgehead atoms. The molecule has 0 radical (unpaired) electrons. The van der Waals surface area contributed by atoms with Crippen LogP contribution in [0.4, 0.5) is 0 Å². The molecule has 0 saturated heterocycles. The second-order valence-electron chi connectivity index (χ2n) is 11.8. The molecule has 5 aromatic carbocycles. The van der Waals surface area contributed by atoms with Crippen molar-refractivity contribution in [2.45, 2.75) is 26.2 Å².